The van der Waals surface area contributed by atoms with Gasteiger partial charge in [0.25, 0.3) is 0 Å². The second-order valence-electron chi connectivity index (χ2n) is 5.66. The summed E-state index contributed by atoms with van der Waals surface area (Å²) in [5, 5.41) is 0. The number of benzene rings is 2. The van der Waals surface area contributed by atoms with Gasteiger partial charge in [-0.25, -0.2) is 12.8 Å². The number of morpholine rings is 1. The molecule has 1 atom stereocenters. The topological polar surface area (TPSA) is 72.4 Å². The highest BCUT2D eigenvalue weighted by atomic mass is 32.2. The normalized spacial score (nSPS) is 19.3. The third kappa shape index (κ3) is 3.04. The average Bonchev–Trinajstić information content (AvgIpc) is 3.11. The summed E-state index contributed by atoms with van der Waals surface area (Å²) in [6, 6.07) is 10.8. The number of hydrogen-bond acceptors (Lipinski definition) is 6. The zero-order chi connectivity index (χ0) is 17.4. The van der Waals surface area contributed by atoms with Crippen LogP contribution in [0.15, 0.2) is 47.4 Å². The lowest BCUT2D eigenvalue weighted by molar-refractivity contribution is -0.00256. The van der Waals surface area contributed by atoms with Crippen LogP contribution >= 0.6 is 11.7 Å². The second kappa shape index (κ2) is 6.41. The molecule has 0 bridgehead atoms. The molecule has 3 aromatic rings. The van der Waals surface area contributed by atoms with Gasteiger partial charge in [-0.05, 0) is 29.8 Å². The molecule has 1 aliphatic rings. The number of hydrogen-bond donors (Lipinski definition) is 0. The first kappa shape index (κ1) is 16.5. The summed E-state index contributed by atoms with van der Waals surface area (Å²) < 4.78 is 54.5. The number of halogens is 1. The Morgan fingerprint density at radius 3 is 2.76 bits per heavy atom. The van der Waals surface area contributed by atoms with Gasteiger partial charge in [0.1, 0.15) is 21.7 Å². The largest absolute Gasteiger partial charge is 0.371 e. The minimum Gasteiger partial charge on any atom is -0.371 e. The first-order valence-corrected chi connectivity index (χ1v) is 9.81. The highest BCUT2D eigenvalue weighted by molar-refractivity contribution is 7.89. The summed E-state index contributed by atoms with van der Waals surface area (Å²) in [6.45, 7) is 0.697. The van der Waals surface area contributed by atoms with Crippen LogP contribution in [0.25, 0.3) is 11.0 Å². The molecule has 9 heteroatoms. The van der Waals surface area contributed by atoms with Crippen LogP contribution in [0.5, 0.6) is 0 Å². The standard InChI is InChI=1S/C16H14FN3O3S2/c17-12-6-4-11(5-7-12)14-10-20(8-9-23-14)25(21,22)15-3-1-2-13-16(15)19-24-18-13/h1-7,14H,8-10H2. The Bertz CT molecular complexity index is 1000. The van der Waals surface area contributed by atoms with Crippen LogP contribution in [0.1, 0.15) is 11.7 Å². The van der Waals surface area contributed by atoms with Gasteiger partial charge >= 0.3 is 0 Å². The second-order valence-corrected chi connectivity index (χ2v) is 8.10. The van der Waals surface area contributed by atoms with Gasteiger partial charge in [-0.1, -0.05) is 18.2 Å². The Hall–Kier alpha value is -1.94. The van der Waals surface area contributed by atoms with E-state index in [1.54, 1.807) is 30.3 Å². The molecule has 1 aromatic heterocycles. The fourth-order valence-corrected chi connectivity index (χ4v) is 5.03. The molecule has 1 unspecified atom stereocenters. The number of fused-ring (bicyclic) bond motifs is 1. The van der Waals surface area contributed by atoms with Gasteiger partial charge in [-0.2, -0.15) is 13.1 Å². The molecule has 4 rings (SSSR count). The molecule has 0 N–H and O–H groups in total. The summed E-state index contributed by atoms with van der Waals surface area (Å²) in [7, 11) is -3.72. The fraction of sp³-hybridized carbons (Fsp3) is 0.250. The van der Waals surface area contributed by atoms with Crippen LogP contribution in [0.3, 0.4) is 0 Å². The molecule has 2 aromatic carbocycles. The van der Waals surface area contributed by atoms with E-state index in [1.807, 2.05) is 0 Å². The number of ether oxygens (including phenoxy) is 1. The van der Waals surface area contributed by atoms with Gasteiger partial charge in [0.15, 0.2) is 0 Å². The van der Waals surface area contributed by atoms with Crippen LogP contribution in [0.2, 0.25) is 0 Å². The predicted molar refractivity (Wildman–Crippen MR) is 91.3 cm³/mol. The maximum atomic E-state index is 13.1. The van der Waals surface area contributed by atoms with E-state index in [0.29, 0.717) is 11.0 Å². The van der Waals surface area contributed by atoms with Gasteiger partial charge in [0, 0.05) is 13.1 Å². The Morgan fingerprint density at radius 2 is 1.96 bits per heavy atom. The summed E-state index contributed by atoms with van der Waals surface area (Å²) in [5.41, 5.74) is 1.70. The summed E-state index contributed by atoms with van der Waals surface area (Å²) in [6.07, 6.45) is -0.433. The van der Waals surface area contributed by atoms with Crippen molar-refractivity contribution in [3.05, 3.63) is 53.8 Å². The summed E-state index contributed by atoms with van der Waals surface area (Å²) >= 11 is 0.985. The lowest BCUT2D eigenvalue weighted by Crippen LogP contribution is -2.42. The lowest BCUT2D eigenvalue weighted by atomic mass is 10.1. The number of rotatable bonds is 3. The highest BCUT2D eigenvalue weighted by Gasteiger charge is 2.33. The van der Waals surface area contributed by atoms with E-state index in [0.717, 1.165) is 17.3 Å². The number of nitrogens with zero attached hydrogens (tertiary/aromatic N) is 3. The molecule has 25 heavy (non-hydrogen) atoms. The molecule has 1 fully saturated rings. The van der Waals surface area contributed by atoms with Crippen LogP contribution in [0, 0.1) is 5.82 Å². The van der Waals surface area contributed by atoms with Crippen LogP contribution in [0.4, 0.5) is 4.39 Å². The fourth-order valence-electron chi connectivity index (χ4n) is 2.85. The zero-order valence-corrected chi connectivity index (χ0v) is 14.6. The van der Waals surface area contributed by atoms with Crippen molar-refractivity contribution in [1.29, 1.82) is 0 Å². The molecule has 1 saturated heterocycles. The van der Waals surface area contributed by atoms with Crippen LogP contribution in [-0.4, -0.2) is 41.2 Å². The zero-order valence-electron chi connectivity index (χ0n) is 13.0. The van der Waals surface area contributed by atoms with E-state index in [1.165, 1.54) is 16.4 Å². The van der Waals surface area contributed by atoms with Crippen molar-refractivity contribution in [2.75, 3.05) is 19.7 Å². The molecule has 1 aliphatic heterocycles. The van der Waals surface area contributed by atoms with E-state index in [4.69, 9.17) is 4.74 Å². The van der Waals surface area contributed by atoms with Crippen molar-refractivity contribution >= 4 is 32.8 Å². The van der Waals surface area contributed by atoms with Crippen LogP contribution < -0.4 is 0 Å². The number of sulfonamides is 1. The van der Waals surface area contributed by atoms with Gasteiger partial charge < -0.3 is 4.74 Å². The smallest absolute Gasteiger partial charge is 0.245 e. The molecular formula is C16H14FN3O3S2. The number of aromatic nitrogens is 2. The third-order valence-electron chi connectivity index (χ3n) is 4.14. The van der Waals surface area contributed by atoms with Crippen LogP contribution in [-0.2, 0) is 14.8 Å². The first-order valence-electron chi connectivity index (χ1n) is 7.64. The maximum Gasteiger partial charge on any atom is 0.245 e. The minimum atomic E-state index is -3.72. The first-order chi connectivity index (χ1) is 12.1. The van der Waals surface area contributed by atoms with E-state index in [-0.39, 0.29) is 30.4 Å². The Morgan fingerprint density at radius 1 is 1.16 bits per heavy atom. The molecule has 0 radical (unpaired) electrons. The SMILES string of the molecule is O=S(=O)(c1cccc2nsnc12)N1CCOC(c2ccc(F)cc2)C1. The molecule has 0 amide bonds. The minimum absolute atomic E-state index is 0.151. The summed E-state index contributed by atoms with van der Waals surface area (Å²) in [5.74, 6) is -0.341. The summed E-state index contributed by atoms with van der Waals surface area (Å²) in [4.78, 5) is 0.151. The maximum absolute atomic E-state index is 13.1. The van der Waals surface area contributed by atoms with Gasteiger partial charge in [0.2, 0.25) is 10.0 Å². The average molecular weight is 379 g/mol. The van der Waals surface area contributed by atoms with Gasteiger partial charge in [-0.3, -0.25) is 0 Å². The Kier molecular flexibility index (Phi) is 4.24. The Labute approximate surface area is 148 Å². The molecule has 2 heterocycles. The monoisotopic (exact) mass is 379 g/mol. The highest BCUT2D eigenvalue weighted by Crippen LogP contribution is 2.29. The molecule has 0 aliphatic carbocycles. The molecule has 0 saturated carbocycles. The van der Waals surface area contributed by atoms with Crippen molar-refractivity contribution in [2.24, 2.45) is 0 Å². The molecule has 6 nitrogen and oxygen atoms in total. The molecule has 130 valence electrons. The van der Waals surface area contributed by atoms with Crippen molar-refractivity contribution in [3.63, 3.8) is 0 Å². The lowest BCUT2D eigenvalue weighted by Gasteiger charge is -2.32. The predicted octanol–water partition coefficient (Wildman–Crippen LogP) is 2.59. The third-order valence-corrected chi connectivity index (χ3v) is 6.58. The quantitative estimate of drug-likeness (QED) is 0.699. The Balaban J connectivity index is 1.66. The molecule has 0 spiro atoms. The van der Waals surface area contributed by atoms with E-state index in [2.05, 4.69) is 8.75 Å². The van der Waals surface area contributed by atoms with Crippen molar-refractivity contribution in [1.82, 2.24) is 13.1 Å². The van der Waals surface area contributed by atoms with E-state index >= 15 is 0 Å². The van der Waals surface area contributed by atoms with Crippen molar-refractivity contribution in [3.8, 4) is 0 Å². The van der Waals surface area contributed by atoms with Gasteiger partial charge in [0.05, 0.1) is 24.4 Å². The van der Waals surface area contributed by atoms with Gasteiger partial charge in [-0.15, -0.1) is 0 Å². The van der Waals surface area contributed by atoms with Crippen molar-refractivity contribution in [2.45, 2.75) is 11.0 Å². The molecular weight excluding hydrogens is 365 g/mol. The van der Waals surface area contributed by atoms with E-state index in [9.17, 15) is 12.8 Å². The van der Waals surface area contributed by atoms with Crippen molar-refractivity contribution < 1.29 is 17.5 Å². The van der Waals surface area contributed by atoms with E-state index < -0.39 is 16.1 Å².